The Bertz CT molecular complexity index is 2240. The molecule has 0 saturated heterocycles. The van der Waals surface area contributed by atoms with Gasteiger partial charge < -0.3 is 33.8 Å². The molecule has 0 heterocycles. The van der Waals surface area contributed by atoms with Gasteiger partial charge in [-0.25, -0.2) is 9.13 Å². The maximum absolute atomic E-state index is 13.1. The smallest absolute Gasteiger partial charge is 0.462 e. The van der Waals surface area contributed by atoms with Crippen LogP contribution in [0.1, 0.15) is 323 Å². The summed E-state index contributed by atoms with van der Waals surface area (Å²) in [6.07, 6.45) is 73.9. The molecule has 0 spiro atoms. The molecule has 0 aromatic heterocycles. The number of ether oxygens (including phenoxy) is 4. The number of hydrogen-bond donors (Lipinski definition) is 3. The third-order valence-electron chi connectivity index (χ3n) is 16.0. The minimum absolute atomic E-state index is 0.0762. The number of esters is 4. The number of carbonyl (C=O) groups is 4. The van der Waals surface area contributed by atoms with Gasteiger partial charge in [-0.15, -0.1) is 0 Å². The molecule has 0 aliphatic carbocycles. The van der Waals surface area contributed by atoms with Gasteiger partial charge in [0.15, 0.2) is 12.2 Å². The average Bonchev–Trinajstić information content (AvgIpc) is 0.986. The Balaban J connectivity index is 5.34. The van der Waals surface area contributed by atoms with Crippen LogP contribution in [0.2, 0.25) is 0 Å². The maximum Gasteiger partial charge on any atom is 0.472 e. The number of unbranched alkanes of at least 4 members (excludes halogenated alkanes) is 30. The van der Waals surface area contributed by atoms with Crippen molar-refractivity contribution in [1.29, 1.82) is 0 Å². The third-order valence-corrected chi connectivity index (χ3v) is 17.9. The molecular formula is C79H138O17P2. The van der Waals surface area contributed by atoms with Crippen molar-refractivity contribution in [2.75, 3.05) is 39.6 Å². The lowest BCUT2D eigenvalue weighted by Gasteiger charge is -2.21. The van der Waals surface area contributed by atoms with Gasteiger partial charge >= 0.3 is 39.5 Å². The van der Waals surface area contributed by atoms with E-state index in [0.717, 1.165) is 193 Å². The van der Waals surface area contributed by atoms with Crippen molar-refractivity contribution < 1.29 is 80.2 Å². The number of aliphatic hydroxyl groups excluding tert-OH is 1. The number of phosphoric acid groups is 2. The molecule has 0 aliphatic heterocycles. The molecule has 19 heteroatoms. The Labute approximate surface area is 595 Å². The molecule has 0 fully saturated rings. The number of carbonyl (C=O) groups excluding carboxylic acids is 4. The summed E-state index contributed by atoms with van der Waals surface area (Å²) in [6, 6.07) is 0. The van der Waals surface area contributed by atoms with Gasteiger partial charge in [-0.2, -0.15) is 0 Å². The van der Waals surface area contributed by atoms with Crippen LogP contribution in [0.25, 0.3) is 0 Å². The van der Waals surface area contributed by atoms with Crippen LogP contribution < -0.4 is 0 Å². The van der Waals surface area contributed by atoms with Crippen molar-refractivity contribution in [3.8, 4) is 0 Å². The van der Waals surface area contributed by atoms with Gasteiger partial charge in [0.25, 0.3) is 0 Å². The summed E-state index contributed by atoms with van der Waals surface area (Å²) in [5.41, 5.74) is 0. The minimum Gasteiger partial charge on any atom is -0.462 e. The summed E-state index contributed by atoms with van der Waals surface area (Å²) >= 11 is 0. The number of allylic oxidation sites excluding steroid dienone is 16. The Morgan fingerprint density at radius 2 is 0.541 bits per heavy atom. The van der Waals surface area contributed by atoms with Crippen molar-refractivity contribution in [3.05, 3.63) is 97.2 Å². The quantitative estimate of drug-likeness (QED) is 0.0169. The lowest BCUT2D eigenvalue weighted by molar-refractivity contribution is -0.161. The van der Waals surface area contributed by atoms with E-state index in [9.17, 15) is 43.2 Å². The van der Waals surface area contributed by atoms with E-state index < -0.39 is 97.5 Å². The molecule has 0 rings (SSSR count). The molecule has 0 radical (unpaired) electrons. The summed E-state index contributed by atoms with van der Waals surface area (Å²) in [5.74, 6) is -2.21. The molecule has 17 nitrogen and oxygen atoms in total. The third kappa shape index (κ3) is 70.4. The number of hydrogen-bond acceptors (Lipinski definition) is 15. The van der Waals surface area contributed by atoms with Crippen LogP contribution in [0.3, 0.4) is 0 Å². The van der Waals surface area contributed by atoms with E-state index in [2.05, 4.69) is 125 Å². The van der Waals surface area contributed by atoms with Crippen LogP contribution in [0, 0.1) is 0 Å². The fourth-order valence-corrected chi connectivity index (χ4v) is 11.7. The van der Waals surface area contributed by atoms with E-state index in [0.29, 0.717) is 25.7 Å². The normalized spacial score (nSPS) is 14.5. The van der Waals surface area contributed by atoms with E-state index in [1.807, 2.05) is 0 Å². The Morgan fingerprint density at radius 3 is 0.857 bits per heavy atom. The zero-order valence-electron chi connectivity index (χ0n) is 61.7. The van der Waals surface area contributed by atoms with Gasteiger partial charge in [-0.1, -0.05) is 253 Å². The standard InChI is InChI=1S/C79H138O17P2/c1-5-9-13-17-21-25-29-32-35-36-39-41-45-48-52-56-60-64-77(82)89-69-74(95-78(83)65-61-57-53-49-43-28-24-20-16-12-8-4)71-93-97(85,86)91-67-73(80)68-92-98(87,88)94-72-75(96-79(84)66-62-58-54-50-46-42-38-34-31-27-23-19-15-11-7-3)70-90-76(81)63-59-55-51-47-44-40-37-33-30-26-22-18-14-10-6-2/h9,13,20-27,32-35,37-38,73-75,80H,5-8,10-12,14-19,28-31,36,39-72H2,1-4H3,(H,85,86)(H,87,88)/b13-9-,24-20-,25-21-,26-22-,27-23-,35-32-,37-33-,38-34-. The second-order valence-corrected chi connectivity index (χ2v) is 28.5. The minimum atomic E-state index is -4.98. The van der Waals surface area contributed by atoms with Crippen LogP contribution in [0.5, 0.6) is 0 Å². The van der Waals surface area contributed by atoms with Crippen LogP contribution >= 0.6 is 15.6 Å². The van der Waals surface area contributed by atoms with Crippen LogP contribution in [-0.2, 0) is 65.4 Å². The summed E-state index contributed by atoms with van der Waals surface area (Å²) < 4.78 is 68.4. The number of aliphatic hydroxyl groups is 1. The summed E-state index contributed by atoms with van der Waals surface area (Å²) in [5, 5.41) is 10.6. The average molecular weight is 1420 g/mol. The number of phosphoric ester groups is 2. The highest BCUT2D eigenvalue weighted by Crippen LogP contribution is 2.45. The topological polar surface area (TPSA) is 237 Å². The predicted molar refractivity (Wildman–Crippen MR) is 399 cm³/mol. The molecule has 98 heavy (non-hydrogen) atoms. The predicted octanol–water partition coefficient (Wildman–Crippen LogP) is 22.0. The van der Waals surface area contributed by atoms with Crippen molar-refractivity contribution in [1.82, 2.24) is 0 Å². The first kappa shape index (κ1) is 94.0. The molecule has 3 N–H and O–H groups in total. The fourth-order valence-electron chi connectivity index (χ4n) is 10.1. The highest BCUT2D eigenvalue weighted by Gasteiger charge is 2.30. The molecular weight excluding hydrogens is 1280 g/mol. The van der Waals surface area contributed by atoms with Gasteiger partial charge in [0.05, 0.1) is 26.4 Å². The fraction of sp³-hybridized carbons (Fsp3) is 0.747. The first-order chi connectivity index (χ1) is 47.7. The molecule has 0 saturated carbocycles. The van der Waals surface area contributed by atoms with Gasteiger partial charge in [0.1, 0.15) is 19.3 Å². The molecule has 566 valence electrons. The monoisotopic (exact) mass is 1420 g/mol. The molecule has 0 aromatic rings. The highest BCUT2D eigenvalue weighted by molar-refractivity contribution is 7.47. The van der Waals surface area contributed by atoms with Gasteiger partial charge in [0.2, 0.25) is 0 Å². The number of rotatable bonds is 72. The molecule has 0 aliphatic rings. The van der Waals surface area contributed by atoms with E-state index in [4.69, 9.17) is 37.0 Å². The molecule has 5 unspecified atom stereocenters. The molecule has 0 amide bonds. The van der Waals surface area contributed by atoms with E-state index in [1.54, 1.807) is 0 Å². The van der Waals surface area contributed by atoms with Crippen molar-refractivity contribution in [2.24, 2.45) is 0 Å². The van der Waals surface area contributed by atoms with Crippen molar-refractivity contribution in [2.45, 2.75) is 341 Å². The Morgan fingerprint density at radius 1 is 0.296 bits per heavy atom. The van der Waals surface area contributed by atoms with Gasteiger partial charge in [-0.05, 0) is 141 Å². The summed E-state index contributed by atoms with van der Waals surface area (Å²) in [6.45, 7) is 4.64. The largest absolute Gasteiger partial charge is 0.472 e. The van der Waals surface area contributed by atoms with Crippen LogP contribution in [0.4, 0.5) is 0 Å². The summed E-state index contributed by atoms with van der Waals surface area (Å²) in [4.78, 5) is 72.8. The lowest BCUT2D eigenvalue weighted by atomic mass is 10.1. The highest BCUT2D eigenvalue weighted by atomic mass is 31.2. The maximum atomic E-state index is 13.1. The van der Waals surface area contributed by atoms with E-state index >= 15 is 0 Å². The zero-order chi connectivity index (χ0) is 71.8. The lowest BCUT2D eigenvalue weighted by Crippen LogP contribution is -2.30. The molecule has 5 atom stereocenters. The second-order valence-electron chi connectivity index (χ2n) is 25.6. The molecule has 0 bridgehead atoms. The van der Waals surface area contributed by atoms with Crippen molar-refractivity contribution in [3.63, 3.8) is 0 Å². The SMILES string of the molecule is CC/C=C\C/C=C\C/C=C\CCCCCCCCCC(=O)OCC(COP(=O)(O)OCC(O)COP(=O)(O)OCC(COC(=O)CCCCCCC/C=C\C/C=C\CCCCC)OC(=O)CCCCCCC/C=C\C/C=C\CCCCC)OC(=O)CCCCCCC/C=C\CCCC. The Kier molecular flexibility index (Phi) is 68.4. The Hall–Kier alpha value is -4.02. The first-order valence-corrected chi connectivity index (χ1v) is 41.5. The first-order valence-electron chi connectivity index (χ1n) is 38.5. The molecule has 0 aromatic carbocycles. The van der Waals surface area contributed by atoms with Gasteiger partial charge in [0, 0.05) is 25.7 Å². The second kappa shape index (κ2) is 71.4. The van der Waals surface area contributed by atoms with Crippen LogP contribution in [0.15, 0.2) is 97.2 Å². The van der Waals surface area contributed by atoms with E-state index in [1.165, 1.54) is 51.4 Å². The zero-order valence-corrected chi connectivity index (χ0v) is 63.5. The van der Waals surface area contributed by atoms with Gasteiger partial charge in [-0.3, -0.25) is 37.3 Å². The van der Waals surface area contributed by atoms with Crippen molar-refractivity contribution >= 4 is 39.5 Å². The summed E-state index contributed by atoms with van der Waals surface area (Å²) in [7, 11) is -9.96. The van der Waals surface area contributed by atoms with Crippen LogP contribution in [-0.4, -0.2) is 96.7 Å². The van der Waals surface area contributed by atoms with E-state index in [-0.39, 0.29) is 25.7 Å².